The zero-order valence-electron chi connectivity index (χ0n) is 10.7. The van der Waals surface area contributed by atoms with Crippen LogP contribution in [0.5, 0.6) is 0 Å². The number of nitrogens with one attached hydrogen (secondary N) is 1. The van der Waals surface area contributed by atoms with E-state index < -0.39 is 0 Å². The van der Waals surface area contributed by atoms with Crippen molar-refractivity contribution in [1.29, 1.82) is 0 Å². The Morgan fingerprint density at radius 1 is 1.47 bits per heavy atom. The molecule has 1 atom stereocenters. The predicted octanol–water partition coefficient (Wildman–Crippen LogP) is 2.65. The monoisotopic (exact) mass is 236 g/mol. The van der Waals surface area contributed by atoms with Gasteiger partial charge < -0.3 is 10.2 Å². The zero-order valence-corrected chi connectivity index (χ0v) is 10.7. The Morgan fingerprint density at radius 3 is 2.88 bits per heavy atom. The smallest absolute Gasteiger partial charge is 0.125 e. The zero-order chi connectivity index (χ0) is 12.3. The van der Waals surface area contributed by atoms with E-state index >= 15 is 0 Å². The van der Waals surface area contributed by atoms with E-state index in [2.05, 4.69) is 17.1 Å². The topological polar surface area (TPSA) is 15.3 Å². The standard InChI is InChI=1S/C14H21FN2/c1-3-14(7-8-16-10-14)11-17(2)13-6-4-5-12(15)9-13/h4-6,9,16H,3,7-8,10-11H2,1-2H3. The second kappa shape index (κ2) is 5.05. The summed E-state index contributed by atoms with van der Waals surface area (Å²) < 4.78 is 13.2. The van der Waals surface area contributed by atoms with Crippen molar-refractivity contribution in [2.75, 3.05) is 31.6 Å². The number of nitrogens with zero attached hydrogens (tertiary/aromatic N) is 1. The van der Waals surface area contributed by atoms with Gasteiger partial charge in [-0.1, -0.05) is 13.0 Å². The van der Waals surface area contributed by atoms with E-state index in [-0.39, 0.29) is 5.82 Å². The van der Waals surface area contributed by atoms with Crippen LogP contribution >= 0.6 is 0 Å². The highest BCUT2D eigenvalue weighted by molar-refractivity contribution is 5.45. The van der Waals surface area contributed by atoms with Crippen LogP contribution in [-0.4, -0.2) is 26.7 Å². The lowest BCUT2D eigenvalue weighted by atomic mass is 9.84. The summed E-state index contributed by atoms with van der Waals surface area (Å²) in [6, 6.07) is 6.83. The van der Waals surface area contributed by atoms with Gasteiger partial charge >= 0.3 is 0 Å². The molecule has 1 aliphatic rings. The molecule has 2 rings (SSSR count). The second-order valence-electron chi connectivity index (χ2n) is 5.12. The molecular weight excluding hydrogens is 215 g/mol. The molecule has 0 aliphatic carbocycles. The van der Waals surface area contributed by atoms with E-state index in [0.717, 1.165) is 25.3 Å². The van der Waals surface area contributed by atoms with Crippen molar-refractivity contribution < 1.29 is 4.39 Å². The van der Waals surface area contributed by atoms with E-state index in [0.29, 0.717) is 5.41 Å². The molecule has 0 saturated carbocycles. The lowest BCUT2D eigenvalue weighted by Crippen LogP contribution is -2.37. The highest BCUT2D eigenvalue weighted by Gasteiger charge is 2.33. The maximum absolute atomic E-state index is 13.2. The van der Waals surface area contributed by atoms with Crippen LogP contribution in [0.3, 0.4) is 0 Å². The van der Waals surface area contributed by atoms with E-state index in [1.165, 1.54) is 18.9 Å². The molecule has 1 N–H and O–H groups in total. The molecule has 1 saturated heterocycles. The molecule has 1 fully saturated rings. The molecular formula is C14H21FN2. The summed E-state index contributed by atoms with van der Waals surface area (Å²) in [6.45, 7) is 5.40. The molecule has 0 bridgehead atoms. The van der Waals surface area contributed by atoms with Crippen molar-refractivity contribution in [3.05, 3.63) is 30.1 Å². The van der Waals surface area contributed by atoms with Crippen molar-refractivity contribution in [2.24, 2.45) is 5.41 Å². The Morgan fingerprint density at radius 2 is 2.29 bits per heavy atom. The van der Waals surface area contributed by atoms with Gasteiger partial charge in [0.1, 0.15) is 5.82 Å². The summed E-state index contributed by atoms with van der Waals surface area (Å²) in [5, 5.41) is 3.43. The molecule has 2 nitrogen and oxygen atoms in total. The third kappa shape index (κ3) is 2.78. The molecule has 94 valence electrons. The van der Waals surface area contributed by atoms with Crippen molar-refractivity contribution in [1.82, 2.24) is 5.32 Å². The minimum Gasteiger partial charge on any atom is -0.374 e. The second-order valence-corrected chi connectivity index (χ2v) is 5.12. The van der Waals surface area contributed by atoms with Crippen LogP contribution in [0.25, 0.3) is 0 Å². The number of benzene rings is 1. The molecule has 1 unspecified atom stereocenters. The van der Waals surface area contributed by atoms with Gasteiger partial charge in [0.15, 0.2) is 0 Å². The highest BCUT2D eigenvalue weighted by Crippen LogP contribution is 2.31. The molecule has 0 aromatic heterocycles. The number of rotatable bonds is 4. The van der Waals surface area contributed by atoms with E-state index in [1.54, 1.807) is 12.1 Å². The molecule has 0 spiro atoms. The lowest BCUT2D eigenvalue weighted by molar-refractivity contribution is 0.317. The van der Waals surface area contributed by atoms with E-state index in [4.69, 9.17) is 0 Å². The third-order valence-corrected chi connectivity index (χ3v) is 3.90. The van der Waals surface area contributed by atoms with Crippen LogP contribution in [0.2, 0.25) is 0 Å². The first-order valence-corrected chi connectivity index (χ1v) is 6.33. The Balaban J connectivity index is 2.07. The van der Waals surface area contributed by atoms with E-state index in [1.807, 2.05) is 13.1 Å². The summed E-state index contributed by atoms with van der Waals surface area (Å²) in [4.78, 5) is 2.17. The first-order valence-electron chi connectivity index (χ1n) is 6.33. The molecule has 1 aromatic carbocycles. The first-order chi connectivity index (χ1) is 8.15. The van der Waals surface area contributed by atoms with Gasteiger partial charge in [0.05, 0.1) is 0 Å². The third-order valence-electron chi connectivity index (χ3n) is 3.90. The number of hydrogen-bond donors (Lipinski definition) is 1. The van der Waals surface area contributed by atoms with Crippen LogP contribution in [0.15, 0.2) is 24.3 Å². The average Bonchev–Trinajstić information content (AvgIpc) is 2.78. The summed E-state index contributed by atoms with van der Waals surface area (Å²) in [7, 11) is 2.05. The molecule has 1 aromatic rings. The first kappa shape index (κ1) is 12.4. The maximum atomic E-state index is 13.2. The fourth-order valence-corrected chi connectivity index (χ4v) is 2.65. The fourth-order valence-electron chi connectivity index (χ4n) is 2.65. The quantitative estimate of drug-likeness (QED) is 0.864. The summed E-state index contributed by atoms with van der Waals surface area (Å²) in [5.74, 6) is -0.163. The molecule has 0 amide bonds. The van der Waals surface area contributed by atoms with Gasteiger partial charge in [-0.15, -0.1) is 0 Å². The predicted molar refractivity (Wildman–Crippen MR) is 69.9 cm³/mol. The summed E-state index contributed by atoms with van der Waals surface area (Å²) in [6.07, 6.45) is 2.38. The summed E-state index contributed by atoms with van der Waals surface area (Å²) >= 11 is 0. The van der Waals surface area contributed by atoms with Crippen molar-refractivity contribution >= 4 is 5.69 Å². The molecule has 3 heteroatoms. The average molecular weight is 236 g/mol. The summed E-state index contributed by atoms with van der Waals surface area (Å²) in [5.41, 5.74) is 1.31. The van der Waals surface area contributed by atoms with Crippen LogP contribution in [0.4, 0.5) is 10.1 Å². The molecule has 17 heavy (non-hydrogen) atoms. The van der Waals surface area contributed by atoms with E-state index in [9.17, 15) is 4.39 Å². The minimum absolute atomic E-state index is 0.163. The Labute approximate surface area is 103 Å². The number of anilines is 1. The van der Waals surface area contributed by atoms with Gasteiger partial charge in [0, 0.05) is 31.2 Å². The molecule has 0 radical (unpaired) electrons. The Kier molecular flexibility index (Phi) is 3.67. The van der Waals surface area contributed by atoms with Crippen LogP contribution < -0.4 is 10.2 Å². The van der Waals surface area contributed by atoms with Gasteiger partial charge in [-0.05, 0) is 37.6 Å². The normalized spacial score (nSPS) is 23.9. The van der Waals surface area contributed by atoms with Crippen molar-refractivity contribution in [2.45, 2.75) is 19.8 Å². The highest BCUT2D eigenvalue weighted by atomic mass is 19.1. The fraction of sp³-hybridized carbons (Fsp3) is 0.571. The minimum atomic E-state index is -0.163. The van der Waals surface area contributed by atoms with Crippen LogP contribution in [0, 0.1) is 11.2 Å². The van der Waals surface area contributed by atoms with Gasteiger partial charge in [-0.3, -0.25) is 0 Å². The van der Waals surface area contributed by atoms with Gasteiger partial charge in [-0.25, -0.2) is 4.39 Å². The van der Waals surface area contributed by atoms with Gasteiger partial charge in [-0.2, -0.15) is 0 Å². The van der Waals surface area contributed by atoms with Gasteiger partial charge in [0.2, 0.25) is 0 Å². The molecule has 1 aliphatic heterocycles. The maximum Gasteiger partial charge on any atom is 0.125 e. The SMILES string of the molecule is CCC1(CN(C)c2cccc(F)c2)CCNC1. The van der Waals surface area contributed by atoms with Gasteiger partial charge in [0.25, 0.3) is 0 Å². The lowest BCUT2D eigenvalue weighted by Gasteiger charge is -2.33. The Bertz CT molecular complexity index is 372. The number of hydrogen-bond acceptors (Lipinski definition) is 2. The molecule has 1 heterocycles. The van der Waals surface area contributed by atoms with Crippen molar-refractivity contribution in [3.63, 3.8) is 0 Å². The number of halogens is 1. The largest absolute Gasteiger partial charge is 0.374 e. The van der Waals surface area contributed by atoms with Crippen LogP contribution in [-0.2, 0) is 0 Å². The van der Waals surface area contributed by atoms with Crippen LogP contribution in [0.1, 0.15) is 19.8 Å². The van der Waals surface area contributed by atoms with Crippen molar-refractivity contribution in [3.8, 4) is 0 Å². The Hall–Kier alpha value is -1.09.